The molecule has 0 saturated carbocycles. The molecule has 0 fully saturated rings. The van der Waals surface area contributed by atoms with E-state index in [0.29, 0.717) is 17.2 Å². The number of carbonyl (C=O) groups is 1. The first kappa shape index (κ1) is 14.7. The Balaban J connectivity index is 2.03. The van der Waals surface area contributed by atoms with Gasteiger partial charge in [-0.15, -0.1) is 0 Å². The summed E-state index contributed by atoms with van der Waals surface area (Å²) in [6.07, 6.45) is 0. The Kier molecular flexibility index (Phi) is 3.76. The van der Waals surface area contributed by atoms with Crippen LogP contribution in [-0.4, -0.2) is 32.7 Å². The third kappa shape index (κ3) is 2.64. The van der Waals surface area contributed by atoms with Crippen LogP contribution in [0.3, 0.4) is 0 Å². The molecule has 0 aliphatic carbocycles. The van der Waals surface area contributed by atoms with Crippen LogP contribution in [-0.2, 0) is 6.61 Å². The zero-order valence-corrected chi connectivity index (χ0v) is 12.3. The highest BCUT2D eigenvalue weighted by Gasteiger charge is 2.19. The molecule has 2 aromatic heterocycles. The lowest BCUT2D eigenvalue weighted by atomic mass is 10.3. The standard InChI is InChI=1S/C16H14N2O5/c1-22-14-8-4-5-10-15(16(20)21)17-13(18(10)14)9-23-12-7-3-2-6-11(12)19/h2-8,19H,9H2,1H3,(H,20,21). The summed E-state index contributed by atoms with van der Waals surface area (Å²) in [5.41, 5.74) is 0.326. The summed E-state index contributed by atoms with van der Waals surface area (Å²) in [5.74, 6) is -0.0455. The Morgan fingerprint density at radius 2 is 2.00 bits per heavy atom. The largest absolute Gasteiger partial charge is 0.504 e. The molecule has 118 valence electrons. The van der Waals surface area contributed by atoms with E-state index in [1.54, 1.807) is 40.8 Å². The van der Waals surface area contributed by atoms with Gasteiger partial charge < -0.3 is 19.7 Å². The summed E-state index contributed by atoms with van der Waals surface area (Å²) in [4.78, 5) is 15.5. The summed E-state index contributed by atoms with van der Waals surface area (Å²) in [6, 6.07) is 11.5. The number of hydrogen-bond acceptors (Lipinski definition) is 5. The molecule has 0 aliphatic heterocycles. The lowest BCUT2D eigenvalue weighted by Gasteiger charge is -2.09. The number of benzene rings is 1. The lowest BCUT2D eigenvalue weighted by Crippen LogP contribution is -2.03. The van der Waals surface area contributed by atoms with Gasteiger partial charge in [0.15, 0.2) is 28.9 Å². The second-order valence-corrected chi connectivity index (χ2v) is 4.73. The number of phenols is 1. The van der Waals surface area contributed by atoms with Crippen LogP contribution in [0.15, 0.2) is 42.5 Å². The highest BCUT2D eigenvalue weighted by Crippen LogP contribution is 2.26. The lowest BCUT2D eigenvalue weighted by molar-refractivity contribution is 0.0693. The van der Waals surface area contributed by atoms with Gasteiger partial charge in [0.2, 0.25) is 0 Å². The number of aromatic carboxylic acids is 1. The van der Waals surface area contributed by atoms with E-state index in [4.69, 9.17) is 9.47 Å². The molecule has 7 heteroatoms. The van der Waals surface area contributed by atoms with E-state index in [1.165, 1.54) is 13.2 Å². The van der Waals surface area contributed by atoms with Crippen LogP contribution in [0.25, 0.3) is 5.52 Å². The number of pyridine rings is 1. The summed E-state index contributed by atoms with van der Waals surface area (Å²) < 4.78 is 12.4. The number of methoxy groups -OCH3 is 1. The molecule has 1 aromatic carbocycles. The Morgan fingerprint density at radius 3 is 2.70 bits per heavy atom. The topological polar surface area (TPSA) is 93.3 Å². The zero-order chi connectivity index (χ0) is 16.4. The molecule has 0 bridgehead atoms. The number of carboxylic acids is 1. The van der Waals surface area contributed by atoms with E-state index < -0.39 is 5.97 Å². The average Bonchev–Trinajstić information content (AvgIpc) is 2.93. The number of aromatic nitrogens is 2. The number of hydrogen-bond donors (Lipinski definition) is 2. The molecule has 3 rings (SSSR count). The monoisotopic (exact) mass is 314 g/mol. The van der Waals surface area contributed by atoms with E-state index in [2.05, 4.69) is 4.98 Å². The van der Waals surface area contributed by atoms with Gasteiger partial charge in [-0.05, 0) is 24.3 Å². The summed E-state index contributed by atoms with van der Waals surface area (Å²) in [5, 5.41) is 19.0. The van der Waals surface area contributed by atoms with Crippen molar-refractivity contribution in [2.75, 3.05) is 7.11 Å². The molecule has 0 saturated heterocycles. The van der Waals surface area contributed by atoms with Crippen LogP contribution in [0.5, 0.6) is 17.4 Å². The molecular formula is C16H14N2O5. The maximum absolute atomic E-state index is 11.4. The van der Waals surface area contributed by atoms with E-state index in [-0.39, 0.29) is 23.8 Å². The van der Waals surface area contributed by atoms with Crippen molar-refractivity contribution in [1.82, 2.24) is 9.38 Å². The highest BCUT2D eigenvalue weighted by atomic mass is 16.5. The first-order chi connectivity index (χ1) is 11.1. The number of imidazole rings is 1. The molecule has 2 N–H and O–H groups in total. The van der Waals surface area contributed by atoms with Crippen LogP contribution in [0, 0.1) is 0 Å². The minimum atomic E-state index is -1.13. The van der Waals surface area contributed by atoms with Crippen molar-refractivity contribution in [3.63, 3.8) is 0 Å². The van der Waals surface area contributed by atoms with Gasteiger partial charge in [-0.3, -0.25) is 4.40 Å². The van der Waals surface area contributed by atoms with Crippen molar-refractivity contribution < 1.29 is 24.5 Å². The quantitative estimate of drug-likeness (QED) is 0.751. The first-order valence-electron chi connectivity index (χ1n) is 6.80. The van der Waals surface area contributed by atoms with Crippen molar-refractivity contribution in [3.8, 4) is 17.4 Å². The van der Waals surface area contributed by atoms with Crippen molar-refractivity contribution in [2.45, 2.75) is 6.61 Å². The highest BCUT2D eigenvalue weighted by molar-refractivity contribution is 5.93. The average molecular weight is 314 g/mol. The second kappa shape index (κ2) is 5.88. The first-order valence-corrected chi connectivity index (χ1v) is 6.80. The second-order valence-electron chi connectivity index (χ2n) is 4.73. The fraction of sp³-hybridized carbons (Fsp3) is 0.125. The van der Waals surface area contributed by atoms with Crippen molar-refractivity contribution >= 4 is 11.5 Å². The van der Waals surface area contributed by atoms with Crippen LogP contribution in [0.2, 0.25) is 0 Å². The Labute approximate surface area is 131 Å². The van der Waals surface area contributed by atoms with Crippen LogP contribution in [0.4, 0.5) is 0 Å². The summed E-state index contributed by atoms with van der Waals surface area (Å²) >= 11 is 0. The van der Waals surface area contributed by atoms with Crippen molar-refractivity contribution in [2.24, 2.45) is 0 Å². The van der Waals surface area contributed by atoms with E-state index in [0.717, 1.165) is 0 Å². The minimum absolute atomic E-state index is 0.00113. The maximum Gasteiger partial charge on any atom is 0.356 e. The smallest absolute Gasteiger partial charge is 0.356 e. The number of aromatic hydroxyl groups is 1. The number of nitrogens with zero attached hydrogens (tertiary/aromatic N) is 2. The Morgan fingerprint density at radius 1 is 1.22 bits per heavy atom. The fourth-order valence-corrected chi connectivity index (χ4v) is 2.31. The SMILES string of the molecule is COc1cccc2c(C(=O)O)nc(COc3ccccc3O)n12. The molecule has 0 aliphatic rings. The van der Waals surface area contributed by atoms with Crippen LogP contribution in [0.1, 0.15) is 16.3 Å². The van der Waals surface area contributed by atoms with Gasteiger partial charge in [0.05, 0.1) is 12.6 Å². The molecular weight excluding hydrogens is 300 g/mol. The van der Waals surface area contributed by atoms with E-state index in [9.17, 15) is 15.0 Å². The van der Waals surface area contributed by atoms with Gasteiger partial charge >= 0.3 is 5.97 Å². The van der Waals surface area contributed by atoms with Crippen LogP contribution < -0.4 is 9.47 Å². The number of carboxylic acid groups (broad SMARTS) is 1. The van der Waals surface area contributed by atoms with Gasteiger partial charge in [-0.25, -0.2) is 9.78 Å². The molecule has 0 atom stereocenters. The maximum atomic E-state index is 11.4. The van der Waals surface area contributed by atoms with E-state index in [1.807, 2.05) is 0 Å². The Bertz CT molecular complexity index is 872. The molecule has 3 aromatic rings. The molecule has 0 radical (unpaired) electrons. The normalized spacial score (nSPS) is 10.7. The zero-order valence-electron chi connectivity index (χ0n) is 12.3. The fourth-order valence-electron chi connectivity index (χ4n) is 2.31. The predicted molar refractivity (Wildman–Crippen MR) is 81.1 cm³/mol. The third-order valence-corrected chi connectivity index (χ3v) is 3.33. The molecule has 7 nitrogen and oxygen atoms in total. The number of rotatable bonds is 5. The van der Waals surface area contributed by atoms with Gasteiger partial charge in [0, 0.05) is 0 Å². The van der Waals surface area contributed by atoms with Gasteiger partial charge in [0.1, 0.15) is 6.61 Å². The summed E-state index contributed by atoms with van der Waals surface area (Å²) in [6.45, 7) is -0.0214. The molecule has 0 spiro atoms. The number of fused-ring (bicyclic) bond motifs is 1. The Hall–Kier alpha value is -3.22. The van der Waals surface area contributed by atoms with Crippen molar-refractivity contribution in [3.05, 3.63) is 54.0 Å². The molecule has 0 unspecified atom stereocenters. The third-order valence-electron chi connectivity index (χ3n) is 3.33. The number of ether oxygens (including phenoxy) is 2. The molecule has 2 heterocycles. The molecule has 0 amide bonds. The van der Waals surface area contributed by atoms with E-state index >= 15 is 0 Å². The molecule has 23 heavy (non-hydrogen) atoms. The predicted octanol–water partition coefficient (Wildman–Crippen LogP) is 2.33. The number of para-hydroxylation sites is 2. The minimum Gasteiger partial charge on any atom is -0.504 e. The number of phenolic OH excluding ortho intramolecular Hbond substituents is 1. The van der Waals surface area contributed by atoms with Crippen LogP contribution >= 0.6 is 0 Å². The van der Waals surface area contributed by atoms with Crippen molar-refractivity contribution in [1.29, 1.82) is 0 Å². The van der Waals surface area contributed by atoms with Gasteiger partial charge in [-0.2, -0.15) is 0 Å². The summed E-state index contributed by atoms with van der Waals surface area (Å²) in [7, 11) is 1.49. The van der Waals surface area contributed by atoms with Gasteiger partial charge in [-0.1, -0.05) is 18.2 Å². The van der Waals surface area contributed by atoms with Gasteiger partial charge in [0.25, 0.3) is 0 Å².